The smallest absolute Gasteiger partial charge is 0.361 e. The minimum atomic E-state index is -0.593. The van der Waals surface area contributed by atoms with Crippen LogP contribution < -0.4 is 0 Å². The highest BCUT2D eigenvalue weighted by atomic mass is 16.6. The van der Waals surface area contributed by atoms with E-state index in [1.165, 1.54) is 0 Å². The molecule has 0 radical (unpaired) electrons. The number of H-pyrrole nitrogens is 1. The van der Waals surface area contributed by atoms with Crippen molar-refractivity contribution < 1.29 is 14.1 Å². The lowest BCUT2D eigenvalue weighted by molar-refractivity contribution is 0.00635. The zero-order valence-electron chi connectivity index (χ0n) is 10.6. The number of nitrogens with zero attached hydrogens (tertiary/aromatic N) is 3. The Labute approximate surface area is 104 Å². The lowest BCUT2D eigenvalue weighted by atomic mass is 10.2. The molecule has 7 heteroatoms. The summed E-state index contributed by atoms with van der Waals surface area (Å²) in [6.45, 7) is 7.12. The van der Waals surface area contributed by atoms with Gasteiger partial charge in [0.15, 0.2) is 11.5 Å². The quantitative estimate of drug-likeness (QED) is 0.815. The maximum atomic E-state index is 11.9. The van der Waals surface area contributed by atoms with Crippen LogP contribution in [0.1, 0.15) is 37.0 Å². The van der Waals surface area contributed by atoms with E-state index in [0.717, 1.165) is 0 Å². The zero-order valence-corrected chi connectivity index (χ0v) is 10.6. The summed E-state index contributed by atoms with van der Waals surface area (Å²) in [4.78, 5) is 11.9. The van der Waals surface area contributed by atoms with Crippen molar-refractivity contribution in [1.29, 1.82) is 0 Å². The average molecular weight is 250 g/mol. The minimum absolute atomic E-state index is 0.0843. The van der Waals surface area contributed by atoms with Crippen molar-refractivity contribution in [2.75, 3.05) is 0 Å². The number of hydrogen-bond acceptors (Lipinski definition) is 6. The number of aryl methyl sites for hydroxylation is 1. The second kappa shape index (κ2) is 4.25. The average Bonchev–Trinajstić information content (AvgIpc) is 2.81. The fourth-order valence-electron chi connectivity index (χ4n) is 1.35. The SMILES string of the molecule is Cc1cc(-c2n[nH]nc2C(=O)OC(C)(C)C)on1. The first kappa shape index (κ1) is 12.3. The largest absolute Gasteiger partial charge is 0.455 e. The van der Waals surface area contributed by atoms with E-state index >= 15 is 0 Å². The molecule has 0 spiro atoms. The molecule has 0 aliphatic carbocycles. The maximum absolute atomic E-state index is 11.9. The van der Waals surface area contributed by atoms with Crippen LogP contribution in [0.15, 0.2) is 10.6 Å². The second-order valence-electron chi connectivity index (χ2n) is 4.86. The molecule has 0 fully saturated rings. The van der Waals surface area contributed by atoms with Crippen LogP contribution >= 0.6 is 0 Å². The number of carbonyl (C=O) groups excluding carboxylic acids is 1. The van der Waals surface area contributed by atoms with Crippen LogP contribution in [0.25, 0.3) is 11.5 Å². The molecule has 2 heterocycles. The van der Waals surface area contributed by atoms with Gasteiger partial charge < -0.3 is 9.26 Å². The number of aromatic nitrogens is 4. The van der Waals surface area contributed by atoms with Crippen molar-refractivity contribution in [3.8, 4) is 11.5 Å². The maximum Gasteiger partial charge on any atom is 0.361 e. The van der Waals surface area contributed by atoms with Crippen LogP contribution in [0.2, 0.25) is 0 Å². The molecule has 2 aromatic rings. The molecule has 18 heavy (non-hydrogen) atoms. The molecule has 1 N–H and O–H groups in total. The Hall–Kier alpha value is -2.18. The molecule has 0 aliphatic heterocycles. The van der Waals surface area contributed by atoms with Crippen molar-refractivity contribution in [1.82, 2.24) is 20.6 Å². The van der Waals surface area contributed by atoms with Gasteiger partial charge in [0.1, 0.15) is 5.60 Å². The Balaban J connectivity index is 2.31. The third-order valence-corrected chi connectivity index (χ3v) is 2.00. The van der Waals surface area contributed by atoms with Gasteiger partial charge in [0.05, 0.1) is 5.69 Å². The van der Waals surface area contributed by atoms with Gasteiger partial charge in [-0.1, -0.05) is 5.16 Å². The van der Waals surface area contributed by atoms with Gasteiger partial charge in [-0.05, 0) is 27.7 Å². The van der Waals surface area contributed by atoms with Gasteiger partial charge in [-0.2, -0.15) is 10.3 Å². The number of hydrogen-bond donors (Lipinski definition) is 1. The molecule has 0 aliphatic rings. The molecule has 0 aromatic carbocycles. The molecule has 0 unspecified atom stereocenters. The second-order valence-corrected chi connectivity index (χ2v) is 4.86. The van der Waals surface area contributed by atoms with Crippen molar-refractivity contribution in [3.63, 3.8) is 0 Å². The topological polar surface area (TPSA) is 93.9 Å². The van der Waals surface area contributed by atoms with E-state index in [0.29, 0.717) is 17.1 Å². The predicted molar refractivity (Wildman–Crippen MR) is 61.8 cm³/mol. The van der Waals surface area contributed by atoms with Crippen LogP contribution in [-0.4, -0.2) is 32.1 Å². The molecule has 96 valence electrons. The summed E-state index contributed by atoms with van der Waals surface area (Å²) in [6.07, 6.45) is 0. The Morgan fingerprint density at radius 3 is 2.67 bits per heavy atom. The number of aromatic amines is 1. The molecule has 7 nitrogen and oxygen atoms in total. The highest BCUT2D eigenvalue weighted by Crippen LogP contribution is 2.22. The summed E-state index contributed by atoms with van der Waals surface area (Å²) in [6, 6.07) is 1.67. The molecule has 0 amide bonds. The number of esters is 1. The van der Waals surface area contributed by atoms with Crippen LogP contribution in [0.3, 0.4) is 0 Å². The van der Waals surface area contributed by atoms with Gasteiger partial charge in [0.2, 0.25) is 5.69 Å². The zero-order chi connectivity index (χ0) is 13.3. The van der Waals surface area contributed by atoms with E-state index in [-0.39, 0.29) is 5.69 Å². The molecular weight excluding hydrogens is 236 g/mol. The molecular formula is C11H14N4O3. The summed E-state index contributed by atoms with van der Waals surface area (Å²) in [7, 11) is 0. The first-order valence-corrected chi connectivity index (χ1v) is 5.44. The summed E-state index contributed by atoms with van der Waals surface area (Å²) in [5, 5.41) is 13.8. The summed E-state index contributed by atoms with van der Waals surface area (Å²) in [5.41, 5.74) is 0.485. The Morgan fingerprint density at radius 2 is 2.11 bits per heavy atom. The Kier molecular flexibility index (Phi) is 2.90. The van der Waals surface area contributed by atoms with Crippen molar-refractivity contribution in [2.24, 2.45) is 0 Å². The van der Waals surface area contributed by atoms with Gasteiger partial charge in [0.25, 0.3) is 0 Å². The van der Waals surface area contributed by atoms with Crippen LogP contribution in [0, 0.1) is 6.92 Å². The lowest BCUT2D eigenvalue weighted by Crippen LogP contribution is -2.24. The number of ether oxygens (including phenoxy) is 1. The van der Waals surface area contributed by atoms with E-state index in [9.17, 15) is 4.79 Å². The molecule has 2 aromatic heterocycles. The lowest BCUT2D eigenvalue weighted by Gasteiger charge is -2.18. The molecule has 0 saturated heterocycles. The standard InChI is InChI=1S/C11H14N4O3/c1-6-5-7(18-14-6)8-9(13-15-12-8)10(16)17-11(2,3)4/h5H,1-4H3,(H,12,13,15). The number of rotatable bonds is 2. The van der Waals surface area contributed by atoms with E-state index in [4.69, 9.17) is 9.26 Å². The third-order valence-electron chi connectivity index (χ3n) is 2.00. The molecule has 2 rings (SSSR count). The molecule has 0 atom stereocenters. The highest BCUT2D eigenvalue weighted by molar-refractivity contribution is 5.93. The van der Waals surface area contributed by atoms with E-state index in [1.807, 2.05) is 0 Å². The van der Waals surface area contributed by atoms with Crippen molar-refractivity contribution in [2.45, 2.75) is 33.3 Å². The monoisotopic (exact) mass is 250 g/mol. The summed E-state index contributed by atoms with van der Waals surface area (Å²) >= 11 is 0. The van der Waals surface area contributed by atoms with Gasteiger partial charge in [-0.15, -0.1) is 5.10 Å². The van der Waals surface area contributed by atoms with Gasteiger partial charge >= 0.3 is 5.97 Å². The molecule has 0 saturated carbocycles. The predicted octanol–water partition coefficient (Wildman–Crippen LogP) is 1.72. The fourth-order valence-corrected chi connectivity index (χ4v) is 1.35. The first-order valence-electron chi connectivity index (χ1n) is 5.44. The minimum Gasteiger partial charge on any atom is -0.455 e. The Morgan fingerprint density at radius 1 is 1.39 bits per heavy atom. The van der Waals surface area contributed by atoms with E-state index < -0.39 is 11.6 Å². The van der Waals surface area contributed by atoms with E-state index in [1.54, 1.807) is 33.8 Å². The van der Waals surface area contributed by atoms with Gasteiger partial charge in [0, 0.05) is 6.07 Å². The third kappa shape index (κ3) is 2.55. The summed E-state index contributed by atoms with van der Waals surface area (Å²) in [5.74, 6) is -0.178. The van der Waals surface area contributed by atoms with Crippen LogP contribution in [0.5, 0.6) is 0 Å². The first-order chi connectivity index (χ1) is 8.37. The number of carbonyl (C=O) groups is 1. The Bertz CT molecular complexity index is 565. The van der Waals surface area contributed by atoms with Crippen molar-refractivity contribution in [3.05, 3.63) is 17.5 Å². The van der Waals surface area contributed by atoms with Crippen LogP contribution in [-0.2, 0) is 4.74 Å². The van der Waals surface area contributed by atoms with Gasteiger partial charge in [-0.3, -0.25) is 0 Å². The fraction of sp³-hybridized carbons (Fsp3) is 0.455. The van der Waals surface area contributed by atoms with Gasteiger partial charge in [-0.25, -0.2) is 4.79 Å². The summed E-state index contributed by atoms with van der Waals surface area (Å²) < 4.78 is 10.3. The molecule has 0 bridgehead atoms. The van der Waals surface area contributed by atoms with E-state index in [2.05, 4.69) is 20.6 Å². The highest BCUT2D eigenvalue weighted by Gasteiger charge is 2.26. The normalized spacial score (nSPS) is 11.6. The number of nitrogens with one attached hydrogen (secondary N) is 1. The van der Waals surface area contributed by atoms with Crippen LogP contribution in [0.4, 0.5) is 0 Å². The van der Waals surface area contributed by atoms with Crippen molar-refractivity contribution >= 4 is 5.97 Å².